The number of amides is 1. The summed E-state index contributed by atoms with van der Waals surface area (Å²) in [6.45, 7) is 2.17. The maximum Gasteiger partial charge on any atom is 0.311 e. The fraction of sp³-hybridized carbons (Fsp3) is 0.556. The van der Waals surface area contributed by atoms with Crippen molar-refractivity contribution < 1.29 is 19.2 Å². The number of benzene rings is 1. The third-order valence-electron chi connectivity index (χ3n) is 5.72. The van der Waals surface area contributed by atoms with Gasteiger partial charge >= 0.3 is 5.69 Å². The second-order valence-electron chi connectivity index (χ2n) is 7.09. The highest BCUT2D eigenvalue weighted by Crippen LogP contribution is 2.66. The molecule has 1 aromatic carbocycles. The fourth-order valence-electron chi connectivity index (χ4n) is 4.24. The number of hydrazone groups is 1. The molecule has 0 aliphatic heterocycles. The Morgan fingerprint density at radius 2 is 2.08 bits per heavy atom. The molecule has 8 heteroatoms. The number of nitrogens with one attached hydrogen (secondary N) is 1. The summed E-state index contributed by atoms with van der Waals surface area (Å²) in [5.41, 5.74) is 2.88. The van der Waals surface area contributed by atoms with E-state index >= 15 is 0 Å². The zero-order chi connectivity index (χ0) is 18.9. The molecule has 2 fully saturated rings. The number of hydrogen-bond donors (Lipinski definition) is 1. The van der Waals surface area contributed by atoms with Gasteiger partial charge < -0.3 is 9.47 Å². The first kappa shape index (κ1) is 18.2. The van der Waals surface area contributed by atoms with E-state index in [4.69, 9.17) is 9.47 Å². The van der Waals surface area contributed by atoms with Crippen LogP contribution in [0.15, 0.2) is 17.2 Å². The second-order valence-corrected chi connectivity index (χ2v) is 7.09. The molecule has 3 atom stereocenters. The van der Waals surface area contributed by atoms with E-state index in [0.717, 1.165) is 12.8 Å². The zero-order valence-corrected chi connectivity index (χ0v) is 15.2. The number of rotatable bonds is 6. The van der Waals surface area contributed by atoms with Gasteiger partial charge in [-0.15, -0.1) is 0 Å². The molecule has 0 heterocycles. The lowest BCUT2D eigenvalue weighted by Crippen LogP contribution is -2.22. The van der Waals surface area contributed by atoms with E-state index in [-0.39, 0.29) is 28.7 Å². The van der Waals surface area contributed by atoms with Crippen LogP contribution < -0.4 is 14.9 Å². The molecule has 2 aliphatic carbocycles. The minimum atomic E-state index is -0.538. The maximum atomic E-state index is 12.4. The van der Waals surface area contributed by atoms with Crippen LogP contribution in [0, 0.1) is 27.4 Å². The Balaban J connectivity index is 1.73. The summed E-state index contributed by atoms with van der Waals surface area (Å²) in [5, 5.41) is 15.2. The summed E-state index contributed by atoms with van der Waals surface area (Å²) in [6.07, 6.45) is 5.89. The van der Waals surface area contributed by atoms with Crippen LogP contribution in [0.3, 0.4) is 0 Å². The molecule has 0 radical (unpaired) electrons. The molecule has 0 spiro atoms. The SMILES string of the molecule is COc1cc(OC)c([N+](=O)[O-])cc1/C=N\NC(=O)[C@@H]1[C@H]2CCCC[C@@]21C. The van der Waals surface area contributed by atoms with Crippen LogP contribution in [0.2, 0.25) is 0 Å². The molecule has 8 nitrogen and oxygen atoms in total. The third-order valence-corrected chi connectivity index (χ3v) is 5.72. The Morgan fingerprint density at radius 3 is 2.65 bits per heavy atom. The average molecular weight is 361 g/mol. The van der Waals surface area contributed by atoms with Gasteiger partial charge in [0.05, 0.1) is 25.4 Å². The first-order valence-corrected chi connectivity index (χ1v) is 8.65. The van der Waals surface area contributed by atoms with E-state index in [9.17, 15) is 14.9 Å². The average Bonchev–Trinajstić information content (AvgIpc) is 3.26. The highest BCUT2D eigenvalue weighted by atomic mass is 16.6. The first-order valence-electron chi connectivity index (χ1n) is 8.65. The van der Waals surface area contributed by atoms with Gasteiger partial charge in [-0.3, -0.25) is 14.9 Å². The van der Waals surface area contributed by atoms with Crippen molar-refractivity contribution in [2.45, 2.75) is 32.6 Å². The number of hydrogen-bond acceptors (Lipinski definition) is 6. The summed E-state index contributed by atoms with van der Waals surface area (Å²) >= 11 is 0. The number of ether oxygens (including phenoxy) is 2. The molecule has 2 saturated carbocycles. The predicted octanol–water partition coefficient (Wildman–Crippen LogP) is 2.89. The molecular weight excluding hydrogens is 338 g/mol. The van der Waals surface area contributed by atoms with Gasteiger partial charge in [0.2, 0.25) is 11.7 Å². The van der Waals surface area contributed by atoms with Crippen LogP contribution in [0.5, 0.6) is 11.5 Å². The molecule has 0 aromatic heterocycles. The number of carbonyl (C=O) groups is 1. The lowest BCUT2D eigenvalue weighted by atomic mass is 9.90. The van der Waals surface area contributed by atoms with Crippen molar-refractivity contribution >= 4 is 17.8 Å². The van der Waals surface area contributed by atoms with Gasteiger partial charge in [-0.2, -0.15) is 5.10 Å². The number of methoxy groups -OCH3 is 2. The van der Waals surface area contributed by atoms with Crippen LogP contribution in [0.25, 0.3) is 0 Å². The normalized spacial score (nSPS) is 26.9. The van der Waals surface area contributed by atoms with Crippen molar-refractivity contribution in [1.29, 1.82) is 0 Å². The van der Waals surface area contributed by atoms with Gasteiger partial charge in [0.25, 0.3) is 0 Å². The van der Waals surface area contributed by atoms with Crippen molar-refractivity contribution in [2.24, 2.45) is 22.4 Å². The van der Waals surface area contributed by atoms with Gasteiger partial charge in [0.15, 0.2) is 0 Å². The summed E-state index contributed by atoms with van der Waals surface area (Å²) < 4.78 is 10.2. The molecule has 1 N–H and O–H groups in total. The number of fused-ring (bicyclic) bond motifs is 1. The largest absolute Gasteiger partial charge is 0.496 e. The number of nitro benzene ring substituents is 1. The standard InChI is InChI=1S/C18H23N3O5/c1-18-7-5-4-6-12(18)16(18)17(22)20-19-10-11-8-13(21(23)24)15(26-3)9-14(11)25-2/h8-10,12,16H,4-7H2,1-3H3,(H,20,22)/b19-10-/t12-,16+,18+/m1/s1. The minimum absolute atomic E-state index is 0.00856. The highest BCUT2D eigenvalue weighted by molar-refractivity contribution is 5.88. The third kappa shape index (κ3) is 3.11. The van der Waals surface area contributed by atoms with Crippen LogP contribution in [0.1, 0.15) is 38.2 Å². The Bertz CT molecular complexity index is 763. The van der Waals surface area contributed by atoms with Crippen molar-refractivity contribution in [3.63, 3.8) is 0 Å². The fourth-order valence-corrected chi connectivity index (χ4v) is 4.24. The molecular formula is C18H23N3O5. The molecule has 1 amide bonds. The Kier molecular flexibility index (Phi) is 4.84. The van der Waals surface area contributed by atoms with E-state index in [0.29, 0.717) is 17.2 Å². The topological polar surface area (TPSA) is 103 Å². The Morgan fingerprint density at radius 1 is 1.35 bits per heavy atom. The van der Waals surface area contributed by atoms with Gasteiger partial charge in [-0.05, 0) is 24.2 Å². The van der Waals surface area contributed by atoms with Gasteiger partial charge in [0, 0.05) is 23.6 Å². The lowest BCUT2D eigenvalue weighted by Gasteiger charge is -2.15. The zero-order valence-electron chi connectivity index (χ0n) is 15.2. The first-order chi connectivity index (χ1) is 12.4. The second kappa shape index (κ2) is 6.93. The van der Waals surface area contributed by atoms with Gasteiger partial charge in [0.1, 0.15) is 5.75 Å². The number of nitrogens with zero attached hydrogens (tertiary/aromatic N) is 2. The van der Waals surface area contributed by atoms with E-state index in [1.54, 1.807) is 0 Å². The van der Waals surface area contributed by atoms with Crippen molar-refractivity contribution in [3.05, 3.63) is 27.8 Å². The Labute approximate surface area is 151 Å². The molecule has 0 bridgehead atoms. The number of nitro groups is 1. The molecule has 0 saturated heterocycles. The molecule has 140 valence electrons. The van der Waals surface area contributed by atoms with Crippen molar-refractivity contribution in [1.82, 2.24) is 5.43 Å². The van der Waals surface area contributed by atoms with Gasteiger partial charge in [-0.1, -0.05) is 19.8 Å². The molecule has 1 aromatic rings. The van der Waals surface area contributed by atoms with E-state index in [1.807, 2.05) is 0 Å². The molecule has 2 aliphatic rings. The minimum Gasteiger partial charge on any atom is -0.496 e. The molecule has 3 rings (SSSR count). The van der Waals surface area contributed by atoms with E-state index < -0.39 is 4.92 Å². The highest BCUT2D eigenvalue weighted by Gasteiger charge is 2.64. The van der Waals surface area contributed by atoms with E-state index in [1.165, 1.54) is 45.4 Å². The lowest BCUT2D eigenvalue weighted by molar-refractivity contribution is -0.385. The van der Waals surface area contributed by atoms with Crippen LogP contribution in [-0.4, -0.2) is 31.3 Å². The molecule has 26 heavy (non-hydrogen) atoms. The molecule has 0 unspecified atom stereocenters. The van der Waals surface area contributed by atoms with Crippen molar-refractivity contribution in [2.75, 3.05) is 14.2 Å². The van der Waals surface area contributed by atoms with Crippen LogP contribution in [-0.2, 0) is 4.79 Å². The van der Waals surface area contributed by atoms with E-state index in [2.05, 4.69) is 17.5 Å². The van der Waals surface area contributed by atoms with Crippen LogP contribution >= 0.6 is 0 Å². The quantitative estimate of drug-likeness (QED) is 0.477. The number of carbonyl (C=O) groups excluding carboxylic acids is 1. The smallest absolute Gasteiger partial charge is 0.311 e. The summed E-state index contributed by atoms with van der Waals surface area (Å²) in [5.74, 6) is 0.843. The summed E-state index contributed by atoms with van der Waals surface area (Å²) in [7, 11) is 2.80. The predicted molar refractivity (Wildman–Crippen MR) is 95.5 cm³/mol. The summed E-state index contributed by atoms with van der Waals surface area (Å²) in [6, 6.07) is 2.74. The summed E-state index contributed by atoms with van der Waals surface area (Å²) in [4.78, 5) is 23.0. The van der Waals surface area contributed by atoms with Gasteiger partial charge in [-0.25, -0.2) is 5.43 Å². The monoisotopic (exact) mass is 361 g/mol. The van der Waals surface area contributed by atoms with Crippen molar-refractivity contribution in [3.8, 4) is 11.5 Å². The maximum absolute atomic E-state index is 12.4. The van der Waals surface area contributed by atoms with Crippen LogP contribution in [0.4, 0.5) is 5.69 Å². The Hall–Kier alpha value is -2.64.